The van der Waals surface area contributed by atoms with Crippen LogP contribution in [-0.2, 0) is 6.42 Å². The molecule has 26 heavy (non-hydrogen) atoms. The van der Waals surface area contributed by atoms with Gasteiger partial charge in [0.25, 0.3) is 0 Å². The molecule has 144 valence electrons. The van der Waals surface area contributed by atoms with Crippen molar-refractivity contribution in [2.24, 2.45) is 17.8 Å². The molecule has 1 aromatic carbocycles. The molecule has 0 bridgehead atoms. The molecule has 0 aromatic heterocycles. The molecule has 1 aromatic rings. The molecule has 2 aliphatic rings. The molecule has 0 radical (unpaired) electrons. The van der Waals surface area contributed by atoms with E-state index in [1.165, 1.54) is 38.5 Å². The van der Waals surface area contributed by atoms with Crippen molar-refractivity contribution in [1.29, 1.82) is 0 Å². The van der Waals surface area contributed by atoms with Gasteiger partial charge in [0, 0.05) is 0 Å². The zero-order valence-corrected chi connectivity index (χ0v) is 16.4. The molecule has 0 atom stereocenters. The summed E-state index contributed by atoms with van der Waals surface area (Å²) in [7, 11) is 0. The first-order valence-electron chi connectivity index (χ1n) is 10.7. The van der Waals surface area contributed by atoms with Crippen molar-refractivity contribution in [3.8, 4) is 0 Å². The van der Waals surface area contributed by atoms with Crippen LogP contribution in [0.3, 0.4) is 0 Å². The second-order valence-corrected chi connectivity index (χ2v) is 8.50. The van der Waals surface area contributed by atoms with Crippen LogP contribution < -0.4 is 0 Å². The van der Waals surface area contributed by atoms with Crippen molar-refractivity contribution < 1.29 is 8.78 Å². The summed E-state index contributed by atoms with van der Waals surface area (Å²) in [6, 6.07) is 3.67. The van der Waals surface area contributed by atoms with E-state index in [0.717, 1.165) is 37.0 Å². The second-order valence-electron chi connectivity index (χ2n) is 8.50. The number of aryl methyl sites for hydroxylation is 1. The lowest BCUT2D eigenvalue weighted by Crippen LogP contribution is -2.25. The fourth-order valence-electron chi connectivity index (χ4n) is 5.36. The Bertz CT molecular complexity index is 603. The standard InChI is InChI=1S/C24H34F2/c1-3-5-17-7-9-18(10-8-17)19-11-13-20(14-12-19)22-16-15-21(6-4-2)23(25)24(22)26/h3,5,15-20H,4,6-14H2,1-2H3. The molecular weight excluding hydrogens is 326 g/mol. The lowest BCUT2D eigenvalue weighted by atomic mass is 9.68. The molecule has 0 spiro atoms. The highest BCUT2D eigenvalue weighted by Gasteiger charge is 2.32. The van der Waals surface area contributed by atoms with Crippen LogP contribution in [-0.4, -0.2) is 0 Å². The van der Waals surface area contributed by atoms with E-state index in [1.54, 1.807) is 0 Å². The molecule has 0 aliphatic heterocycles. The summed E-state index contributed by atoms with van der Waals surface area (Å²) in [4.78, 5) is 0. The highest BCUT2D eigenvalue weighted by atomic mass is 19.2. The largest absolute Gasteiger partial charge is 0.203 e. The van der Waals surface area contributed by atoms with Crippen molar-refractivity contribution in [1.82, 2.24) is 0 Å². The average molecular weight is 361 g/mol. The van der Waals surface area contributed by atoms with Crippen LogP contribution in [0.2, 0.25) is 0 Å². The minimum Gasteiger partial charge on any atom is -0.203 e. The monoisotopic (exact) mass is 360 g/mol. The van der Waals surface area contributed by atoms with Crippen molar-refractivity contribution >= 4 is 0 Å². The summed E-state index contributed by atoms with van der Waals surface area (Å²) >= 11 is 0. The van der Waals surface area contributed by atoms with E-state index in [1.807, 2.05) is 19.1 Å². The van der Waals surface area contributed by atoms with E-state index in [-0.39, 0.29) is 5.92 Å². The topological polar surface area (TPSA) is 0 Å². The number of halogens is 2. The van der Waals surface area contributed by atoms with E-state index < -0.39 is 11.6 Å². The van der Waals surface area contributed by atoms with E-state index in [9.17, 15) is 8.78 Å². The smallest absolute Gasteiger partial charge is 0.162 e. The van der Waals surface area contributed by atoms with Crippen LogP contribution in [0.25, 0.3) is 0 Å². The Labute approximate surface area is 158 Å². The van der Waals surface area contributed by atoms with Gasteiger partial charge < -0.3 is 0 Å². The Morgan fingerprint density at radius 2 is 1.50 bits per heavy atom. The molecule has 0 unspecified atom stereocenters. The van der Waals surface area contributed by atoms with Gasteiger partial charge in [0.1, 0.15) is 0 Å². The van der Waals surface area contributed by atoms with Gasteiger partial charge >= 0.3 is 0 Å². The first-order valence-corrected chi connectivity index (χ1v) is 10.7. The lowest BCUT2D eigenvalue weighted by molar-refractivity contribution is 0.170. The minimum atomic E-state index is -0.603. The van der Waals surface area contributed by atoms with Crippen molar-refractivity contribution in [3.63, 3.8) is 0 Å². The van der Waals surface area contributed by atoms with Crippen LogP contribution in [0.5, 0.6) is 0 Å². The molecule has 0 amide bonds. The van der Waals surface area contributed by atoms with E-state index in [4.69, 9.17) is 0 Å². The molecule has 3 rings (SSSR count). The molecule has 0 nitrogen and oxygen atoms in total. The Hall–Kier alpha value is -1.18. The maximum atomic E-state index is 14.6. The predicted octanol–water partition coefficient (Wildman–Crippen LogP) is 7.57. The number of benzene rings is 1. The Morgan fingerprint density at radius 3 is 2.08 bits per heavy atom. The van der Waals surface area contributed by atoms with Crippen LogP contribution in [0.4, 0.5) is 8.78 Å². The number of hydrogen-bond donors (Lipinski definition) is 0. The molecule has 0 heterocycles. The maximum absolute atomic E-state index is 14.6. The number of allylic oxidation sites excluding steroid dienone is 2. The SMILES string of the molecule is CC=CC1CCC(C2CCC(c3ccc(CCC)c(F)c3F)CC2)CC1. The van der Waals surface area contributed by atoms with Crippen LogP contribution in [0, 0.1) is 29.4 Å². The van der Waals surface area contributed by atoms with Gasteiger partial charge in [-0.15, -0.1) is 0 Å². The van der Waals surface area contributed by atoms with Gasteiger partial charge in [-0.25, -0.2) is 8.78 Å². The summed E-state index contributed by atoms with van der Waals surface area (Å²) in [5, 5.41) is 0. The summed E-state index contributed by atoms with van der Waals surface area (Å²) in [5.74, 6) is 1.46. The quantitative estimate of drug-likeness (QED) is 0.475. The Kier molecular flexibility index (Phi) is 6.89. The predicted molar refractivity (Wildman–Crippen MR) is 105 cm³/mol. The lowest BCUT2D eigenvalue weighted by Gasteiger charge is -2.37. The van der Waals surface area contributed by atoms with Gasteiger partial charge in [-0.2, -0.15) is 0 Å². The van der Waals surface area contributed by atoms with Crippen LogP contribution >= 0.6 is 0 Å². The Morgan fingerprint density at radius 1 is 0.885 bits per heavy atom. The molecule has 2 saturated carbocycles. The van der Waals surface area contributed by atoms with E-state index in [2.05, 4.69) is 19.1 Å². The van der Waals surface area contributed by atoms with E-state index >= 15 is 0 Å². The van der Waals surface area contributed by atoms with Gasteiger partial charge in [0.05, 0.1) is 0 Å². The highest BCUT2D eigenvalue weighted by molar-refractivity contribution is 5.29. The fourth-order valence-corrected chi connectivity index (χ4v) is 5.36. The molecule has 2 aliphatic carbocycles. The highest BCUT2D eigenvalue weighted by Crippen LogP contribution is 2.44. The number of rotatable bonds is 5. The van der Waals surface area contributed by atoms with Gasteiger partial charge in [-0.1, -0.05) is 37.6 Å². The van der Waals surface area contributed by atoms with E-state index in [0.29, 0.717) is 17.5 Å². The second kappa shape index (κ2) is 9.15. The third-order valence-electron chi connectivity index (χ3n) is 6.87. The van der Waals surface area contributed by atoms with Crippen molar-refractivity contribution in [2.45, 2.75) is 84.0 Å². The third kappa shape index (κ3) is 4.38. The zero-order valence-electron chi connectivity index (χ0n) is 16.4. The first kappa shape index (κ1) is 19.6. The first-order chi connectivity index (χ1) is 12.6. The fraction of sp³-hybridized carbons (Fsp3) is 0.667. The van der Waals surface area contributed by atoms with Crippen molar-refractivity contribution in [3.05, 3.63) is 47.0 Å². The zero-order chi connectivity index (χ0) is 18.5. The summed E-state index contributed by atoms with van der Waals surface area (Å²) < 4.78 is 28.8. The van der Waals surface area contributed by atoms with Crippen LogP contribution in [0.1, 0.15) is 88.7 Å². The van der Waals surface area contributed by atoms with Crippen LogP contribution in [0.15, 0.2) is 24.3 Å². The minimum absolute atomic E-state index is 0.204. The molecule has 2 fully saturated rings. The Balaban J connectivity index is 1.57. The maximum Gasteiger partial charge on any atom is 0.162 e. The molecule has 0 N–H and O–H groups in total. The number of hydrogen-bond acceptors (Lipinski definition) is 0. The van der Waals surface area contributed by atoms with Gasteiger partial charge in [0.15, 0.2) is 11.6 Å². The van der Waals surface area contributed by atoms with Crippen molar-refractivity contribution in [2.75, 3.05) is 0 Å². The van der Waals surface area contributed by atoms with Gasteiger partial charge in [-0.3, -0.25) is 0 Å². The molecule has 0 saturated heterocycles. The van der Waals surface area contributed by atoms with Gasteiger partial charge in [-0.05, 0) is 99.5 Å². The summed E-state index contributed by atoms with van der Waals surface area (Å²) in [5.41, 5.74) is 1.15. The summed E-state index contributed by atoms with van der Waals surface area (Å²) in [6.45, 7) is 4.11. The molecular formula is C24H34F2. The summed E-state index contributed by atoms with van der Waals surface area (Å²) in [6.07, 6.45) is 15.8. The third-order valence-corrected chi connectivity index (χ3v) is 6.87. The molecule has 2 heteroatoms. The van der Waals surface area contributed by atoms with Gasteiger partial charge in [0.2, 0.25) is 0 Å². The average Bonchev–Trinajstić information content (AvgIpc) is 2.67. The normalized spacial score (nSPS) is 30.0.